The molecular formula is C24H29N5O2. The van der Waals surface area contributed by atoms with Crippen LogP contribution in [0.5, 0.6) is 0 Å². The Hall–Kier alpha value is -2.74. The number of carbonyl (C=O) groups excluding carboxylic acids is 2. The van der Waals surface area contributed by atoms with E-state index in [2.05, 4.69) is 4.90 Å². The molecule has 1 aliphatic carbocycles. The third kappa shape index (κ3) is 3.24. The monoisotopic (exact) mass is 419 g/mol. The predicted molar refractivity (Wildman–Crippen MR) is 119 cm³/mol. The molecular weight excluding hydrogens is 390 g/mol. The molecule has 6 N–H and O–H groups in total. The summed E-state index contributed by atoms with van der Waals surface area (Å²) < 4.78 is 0. The third-order valence-corrected chi connectivity index (χ3v) is 7.38. The lowest BCUT2D eigenvalue weighted by Crippen LogP contribution is -2.61. The molecule has 2 aromatic carbocycles. The highest BCUT2D eigenvalue weighted by molar-refractivity contribution is 6.21. The summed E-state index contributed by atoms with van der Waals surface area (Å²) >= 11 is 0. The molecule has 7 heteroatoms. The summed E-state index contributed by atoms with van der Waals surface area (Å²) in [5.74, 6) is -0.536. The maximum Gasteiger partial charge on any atom is 0.261 e. The van der Waals surface area contributed by atoms with Gasteiger partial charge in [-0.15, -0.1) is 0 Å². The lowest BCUT2D eigenvalue weighted by molar-refractivity contribution is 0.0642. The molecule has 0 bridgehead atoms. The van der Waals surface area contributed by atoms with E-state index in [1.165, 1.54) is 4.90 Å². The number of anilines is 1. The second-order valence-electron chi connectivity index (χ2n) is 9.40. The second-order valence-corrected chi connectivity index (χ2v) is 9.40. The number of nitrogens with two attached hydrogens (primary N) is 3. The zero-order valence-electron chi connectivity index (χ0n) is 17.6. The number of benzene rings is 2. The Kier molecular flexibility index (Phi) is 4.66. The van der Waals surface area contributed by atoms with Crippen LogP contribution in [0.15, 0.2) is 42.5 Å². The van der Waals surface area contributed by atoms with Crippen LogP contribution in [0.1, 0.15) is 51.1 Å². The molecule has 5 rings (SSSR count). The molecule has 2 amide bonds. The fourth-order valence-electron chi connectivity index (χ4n) is 5.49. The van der Waals surface area contributed by atoms with Crippen LogP contribution in [0, 0.1) is 0 Å². The standard InChI is InChI=1S/C24H29N5O2/c25-20-7-6-16(8-11-28-14-23(26)9-3-10-24(23,27)15-28)12-17(20)13-29-21(30)18-4-1-2-5-19(18)22(29)31/h1-2,4-7,12H,3,8-11,13-15,25-27H2/t23-,24+. The molecule has 1 saturated heterocycles. The maximum atomic E-state index is 12.7. The molecule has 31 heavy (non-hydrogen) atoms. The first-order valence-corrected chi connectivity index (χ1v) is 10.9. The van der Waals surface area contributed by atoms with Crippen molar-refractivity contribution in [2.75, 3.05) is 25.4 Å². The van der Waals surface area contributed by atoms with Gasteiger partial charge < -0.3 is 17.2 Å². The van der Waals surface area contributed by atoms with Crippen molar-refractivity contribution >= 4 is 17.5 Å². The van der Waals surface area contributed by atoms with Crippen LogP contribution in [0.25, 0.3) is 0 Å². The quantitative estimate of drug-likeness (QED) is 0.499. The lowest BCUT2D eigenvalue weighted by atomic mass is 9.85. The van der Waals surface area contributed by atoms with Crippen LogP contribution < -0.4 is 17.2 Å². The van der Waals surface area contributed by atoms with E-state index in [1.807, 2.05) is 18.2 Å². The Morgan fingerprint density at radius 3 is 2.13 bits per heavy atom. The van der Waals surface area contributed by atoms with Crippen molar-refractivity contribution < 1.29 is 9.59 Å². The summed E-state index contributed by atoms with van der Waals surface area (Å²) in [7, 11) is 0. The third-order valence-electron chi connectivity index (χ3n) is 7.38. The summed E-state index contributed by atoms with van der Waals surface area (Å²) in [6, 6.07) is 12.8. The van der Waals surface area contributed by atoms with Crippen LogP contribution in [0.4, 0.5) is 5.69 Å². The Labute approximate surface area is 182 Å². The number of imide groups is 1. The average molecular weight is 420 g/mol. The SMILES string of the molecule is Nc1ccc(CCN2C[C@]3(N)CCC[C@]3(N)C2)cc1CN1C(=O)c2ccccc2C1=O. The molecule has 3 aliphatic rings. The largest absolute Gasteiger partial charge is 0.398 e. The van der Waals surface area contributed by atoms with Crippen molar-refractivity contribution in [3.8, 4) is 0 Å². The molecule has 2 heterocycles. The smallest absolute Gasteiger partial charge is 0.261 e. The lowest BCUT2D eigenvalue weighted by Gasteiger charge is -2.32. The Bertz CT molecular complexity index is 1020. The number of hydrogen-bond donors (Lipinski definition) is 3. The number of fused-ring (bicyclic) bond motifs is 2. The van der Waals surface area contributed by atoms with Gasteiger partial charge in [0.05, 0.1) is 17.7 Å². The molecule has 2 aliphatic heterocycles. The number of amides is 2. The van der Waals surface area contributed by atoms with Gasteiger partial charge in [-0.25, -0.2) is 0 Å². The van der Waals surface area contributed by atoms with E-state index in [4.69, 9.17) is 17.2 Å². The first kappa shape index (κ1) is 20.2. The summed E-state index contributed by atoms with van der Waals surface area (Å²) in [6.07, 6.45) is 3.93. The minimum Gasteiger partial charge on any atom is -0.398 e. The Balaban J connectivity index is 1.27. The van der Waals surface area contributed by atoms with Crippen molar-refractivity contribution in [1.29, 1.82) is 0 Å². The van der Waals surface area contributed by atoms with Crippen molar-refractivity contribution in [2.45, 2.75) is 43.3 Å². The fraction of sp³-hybridized carbons (Fsp3) is 0.417. The molecule has 2 atom stereocenters. The van der Waals surface area contributed by atoms with E-state index >= 15 is 0 Å². The van der Waals surface area contributed by atoms with Crippen LogP contribution in [-0.2, 0) is 13.0 Å². The first-order valence-electron chi connectivity index (χ1n) is 10.9. The molecule has 0 unspecified atom stereocenters. The predicted octanol–water partition coefficient (Wildman–Crippen LogP) is 1.50. The molecule has 2 aromatic rings. The van der Waals surface area contributed by atoms with E-state index in [9.17, 15) is 9.59 Å². The molecule has 7 nitrogen and oxygen atoms in total. The van der Waals surface area contributed by atoms with Gasteiger partial charge in [-0.1, -0.05) is 24.3 Å². The van der Waals surface area contributed by atoms with Crippen LogP contribution in [-0.4, -0.2) is 52.3 Å². The van der Waals surface area contributed by atoms with Gasteiger partial charge in [-0.05, 0) is 55.0 Å². The van der Waals surface area contributed by atoms with Gasteiger partial charge in [0, 0.05) is 36.4 Å². The Morgan fingerprint density at radius 2 is 1.52 bits per heavy atom. The summed E-state index contributed by atoms with van der Waals surface area (Å²) in [4.78, 5) is 29.0. The van der Waals surface area contributed by atoms with Crippen LogP contribution in [0.2, 0.25) is 0 Å². The minimum atomic E-state index is -0.273. The summed E-state index contributed by atoms with van der Waals surface area (Å²) in [5.41, 5.74) is 22.2. The highest BCUT2D eigenvalue weighted by Gasteiger charge is 2.55. The van der Waals surface area contributed by atoms with Gasteiger partial charge in [0.25, 0.3) is 11.8 Å². The van der Waals surface area contributed by atoms with Gasteiger partial charge in [0.2, 0.25) is 0 Å². The number of hydrogen-bond acceptors (Lipinski definition) is 6. The van der Waals surface area contributed by atoms with E-state index < -0.39 is 0 Å². The van der Waals surface area contributed by atoms with Crippen LogP contribution >= 0.6 is 0 Å². The van der Waals surface area contributed by atoms with E-state index in [0.717, 1.165) is 56.4 Å². The molecule has 2 fully saturated rings. The van der Waals surface area contributed by atoms with Crippen molar-refractivity contribution in [3.63, 3.8) is 0 Å². The fourth-order valence-corrected chi connectivity index (χ4v) is 5.49. The van der Waals surface area contributed by atoms with Crippen LogP contribution in [0.3, 0.4) is 0 Å². The summed E-state index contributed by atoms with van der Waals surface area (Å²) in [6.45, 7) is 2.71. The van der Waals surface area contributed by atoms with E-state index in [1.54, 1.807) is 24.3 Å². The molecule has 0 spiro atoms. The molecule has 0 radical (unpaired) electrons. The molecule has 0 aromatic heterocycles. The van der Waals surface area contributed by atoms with Gasteiger partial charge >= 0.3 is 0 Å². The Morgan fingerprint density at radius 1 is 0.903 bits per heavy atom. The van der Waals surface area contributed by atoms with Crippen molar-refractivity contribution in [3.05, 3.63) is 64.7 Å². The van der Waals surface area contributed by atoms with Gasteiger partial charge in [-0.3, -0.25) is 19.4 Å². The van der Waals surface area contributed by atoms with Gasteiger partial charge in [0.15, 0.2) is 0 Å². The number of nitrogen functional groups attached to an aromatic ring is 1. The normalized spacial score (nSPS) is 27.7. The molecule has 1 saturated carbocycles. The highest BCUT2D eigenvalue weighted by atomic mass is 16.2. The number of carbonyl (C=O) groups is 2. The second kappa shape index (κ2) is 7.15. The van der Waals surface area contributed by atoms with E-state index in [-0.39, 0.29) is 29.4 Å². The van der Waals surface area contributed by atoms with Gasteiger partial charge in [-0.2, -0.15) is 0 Å². The average Bonchev–Trinajstić information content (AvgIpc) is 3.26. The topological polar surface area (TPSA) is 119 Å². The first-order chi connectivity index (χ1) is 14.8. The summed E-state index contributed by atoms with van der Waals surface area (Å²) in [5, 5.41) is 0. The zero-order chi connectivity index (χ0) is 21.8. The van der Waals surface area contributed by atoms with Crippen molar-refractivity contribution in [2.24, 2.45) is 11.5 Å². The van der Waals surface area contributed by atoms with E-state index in [0.29, 0.717) is 16.8 Å². The number of rotatable bonds is 5. The zero-order valence-corrected chi connectivity index (χ0v) is 17.6. The number of nitrogens with zero attached hydrogens (tertiary/aromatic N) is 2. The molecule has 162 valence electrons. The highest BCUT2D eigenvalue weighted by Crippen LogP contribution is 2.41. The number of likely N-dealkylation sites (tertiary alicyclic amines) is 1. The minimum absolute atomic E-state index is 0.174. The van der Waals surface area contributed by atoms with Gasteiger partial charge in [0.1, 0.15) is 0 Å². The maximum absolute atomic E-state index is 12.7. The van der Waals surface area contributed by atoms with Crippen molar-refractivity contribution in [1.82, 2.24) is 9.80 Å².